The van der Waals surface area contributed by atoms with Crippen molar-refractivity contribution in [1.82, 2.24) is 10.2 Å². The highest BCUT2D eigenvalue weighted by atomic mass is 32.2. The molecule has 0 spiro atoms. The van der Waals surface area contributed by atoms with Crippen LogP contribution in [-0.4, -0.2) is 33.3 Å². The van der Waals surface area contributed by atoms with Crippen LogP contribution in [0.15, 0.2) is 82.6 Å². The second-order valence-corrected chi connectivity index (χ2v) is 10.2. The van der Waals surface area contributed by atoms with Crippen LogP contribution in [0, 0.1) is 0 Å². The molecule has 0 saturated heterocycles. The van der Waals surface area contributed by atoms with E-state index in [9.17, 15) is 16.8 Å². The molecule has 4 rings (SSSR count). The Bertz CT molecular complexity index is 1410. The number of H-pyrrole nitrogens is 1. The molecule has 9 heteroatoms. The fourth-order valence-corrected chi connectivity index (χ4v) is 5.76. The highest BCUT2D eigenvalue weighted by Crippen LogP contribution is 2.30. The van der Waals surface area contributed by atoms with Crippen LogP contribution in [0.2, 0.25) is 0 Å². The maximum atomic E-state index is 12.9. The second-order valence-electron chi connectivity index (χ2n) is 6.52. The van der Waals surface area contributed by atoms with E-state index < -0.39 is 19.9 Å². The summed E-state index contributed by atoms with van der Waals surface area (Å²) in [6, 6.07) is 20.0. The van der Waals surface area contributed by atoms with Gasteiger partial charge in [-0.2, -0.15) is 5.10 Å². The van der Waals surface area contributed by atoms with Crippen LogP contribution in [0.3, 0.4) is 0 Å². The van der Waals surface area contributed by atoms with Crippen LogP contribution in [-0.2, 0) is 19.9 Å². The van der Waals surface area contributed by atoms with E-state index in [1.54, 1.807) is 18.2 Å². The highest BCUT2D eigenvalue weighted by molar-refractivity contribution is 7.95. The number of sulfonamides is 1. The fraction of sp³-hybridized carbons (Fsp3) is 0.0500. The number of rotatable bonds is 5. The molecule has 0 saturated carbocycles. The largest absolute Gasteiger partial charge is 0.280 e. The van der Waals surface area contributed by atoms with Crippen LogP contribution >= 0.6 is 0 Å². The van der Waals surface area contributed by atoms with Crippen molar-refractivity contribution in [3.63, 3.8) is 0 Å². The molecule has 0 amide bonds. The zero-order valence-electron chi connectivity index (χ0n) is 15.3. The molecule has 0 aliphatic rings. The van der Waals surface area contributed by atoms with Crippen LogP contribution in [0.1, 0.15) is 0 Å². The smallest absolute Gasteiger partial charge is 0.263 e. The number of aromatic amines is 1. The monoisotopic (exact) mass is 427 g/mol. The van der Waals surface area contributed by atoms with Gasteiger partial charge in [0.25, 0.3) is 10.0 Å². The Kier molecular flexibility index (Phi) is 4.64. The molecule has 0 radical (unpaired) electrons. The Morgan fingerprint density at radius 1 is 0.828 bits per heavy atom. The van der Waals surface area contributed by atoms with E-state index in [2.05, 4.69) is 14.9 Å². The van der Waals surface area contributed by atoms with Gasteiger partial charge in [0, 0.05) is 22.9 Å². The first-order valence-corrected chi connectivity index (χ1v) is 12.0. The summed E-state index contributed by atoms with van der Waals surface area (Å²) in [5.74, 6) is 0. The fourth-order valence-electron chi connectivity index (χ4n) is 3.08. The normalized spacial score (nSPS) is 12.2. The van der Waals surface area contributed by atoms with Crippen molar-refractivity contribution in [2.24, 2.45) is 0 Å². The average molecular weight is 428 g/mol. The van der Waals surface area contributed by atoms with Crippen LogP contribution < -0.4 is 4.72 Å². The molecular formula is C20H17N3O4S2. The van der Waals surface area contributed by atoms with E-state index in [1.807, 2.05) is 30.3 Å². The zero-order valence-corrected chi connectivity index (χ0v) is 17.0. The highest BCUT2D eigenvalue weighted by Gasteiger charge is 2.23. The van der Waals surface area contributed by atoms with Gasteiger partial charge in [0.05, 0.1) is 16.1 Å². The molecule has 1 aromatic heterocycles. The first-order chi connectivity index (χ1) is 13.8. The molecule has 0 bridgehead atoms. The number of nitrogens with zero attached hydrogens (tertiary/aromatic N) is 1. The summed E-state index contributed by atoms with van der Waals surface area (Å²) in [7, 11) is -7.83. The van der Waals surface area contributed by atoms with Gasteiger partial charge in [-0.3, -0.25) is 9.82 Å². The van der Waals surface area contributed by atoms with Crippen molar-refractivity contribution in [1.29, 1.82) is 0 Å². The zero-order chi connectivity index (χ0) is 20.6. The van der Waals surface area contributed by atoms with Gasteiger partial charge in [-0.15, -0.1) is 0 Å². The van der Waals surface area contributed by atoms with Crippen LogP contribution in [0.4, 0.5) is 5.69 Å². The quantitative estimate of drug-likeness (QED) is 0.507. The summed E-state index contributed by atoms with van der Waals surface area (Å²) >= 11 is 0. The lowest BCUT2D eigenvalue weighted by atomic mass is 10.1. The SMILES string of the molecule is CS(=O)(=O)c1ccccc1S(=O)(=O)Nc1ccc2[nH]nc(-c3ccccc3)c2c1. The van der Waals surface area contributed by atoms with Crippen molar-refractivity contribution in [3.8, 4) is 11.3 Å². The number of nitrogens with one attached hydrogen (secondary N) is 2. The minimum absolute atomic E-state index is 0.248. The van der Waals surface area contributed by atoms with Gasteiger partial charge < -0.3 is 0 Å². The number of anilines is 1. The lowest BCUT2D eigenvalue weighted by molar-refractivity contribution is 0.588. The topological polar surface area (TPSA) is 109 Å². The number of aromatic nitrogens is 2. The Labute approximate surface area is 168 Å². The second kappa shape index (κ2) is 7.02. The van der Waals surface area contributed by atoms with Crippen molar-refractivity contribution in [2.75, 3.05) is 11.0 Å². The standard InChI is InChI=1S/C20H17N3O4S2/c1-28(24,25)18-9-5-6-10-19(18)29(26,27)23-15-11-12-17-16(13-15)20(22-21-17)14-7-3-2-4-8-14/h2-13,23H,1H3,(H,21,22). The summed E-state index contributed by atoms with van der Waals surface area (Å²) in [4.78, 5) is -0.542. The number of fused-ring (bicyclic) bond motifs is 1. The Balaban J connectivity index is 1.77. The Hall–Kier alpha value is -3.17. The van der Waals surface area contributed by atoms with Gasteiger partial charge >= 0.3 is 0 Å². The molecule has 148 valence electrons. The molecule has 0 aliphatic heterocycles. The van der Waals surface area contributed by atoms with E-state index in [0.717, 1.165) is 22.7 Å². The van der Waals surface area contributed by atoms with E-state index in [0.29, 0.717) is 11.4 Å². The maximum Gasteiger partial charge on any atom is 0.263 e. The molecule has 4 aromatic rings. The lowest BCUT2D eigenvalue weighted by Gasteiger charge is -2.11. The first-order valence-electron chi connectivity index (χ1n) is 8.61. The Morgan fingerprint density at radius 2 is 1.48 bits per heavy atom. The van der Waals surface area contributed by atoms with Gasteiger partial charge in [-0.25, -0.2) is 16.8 Å². The average Bonchev–Trinajstić information content (AvgIpc) is 3.11. The Morgan fingerprint density at radius 3 is 2.17 bits per heavy atom. The summed E-state index contributed by atoms with van der Waals surface area (Å²) in [6.07, 6.45) is 0.977. The molecule has 0 fully saturated rings. The van der Waals surface area contributed by atoms with E-state index in [-0.39, 0.29) is 9.79 Å². The van der Waals surface area contributed by atoms with E-state index >= 15 is 0 Å². The van der Waals surface area contributed by atoms with Gasteiger partial charge in [0.1, 0.15) is 4.90 Å². The van der Waals surface area contributed by atoms with Crippen molar-refractivity contribution in [3.05, 3.63) is 72.8 Å². The molecular weight excluding hydrogens is 410 g/mol. The molecule has 0 aliphatic carbocycles. The molecule has 2 N–H and O–H groups in total. The first kappa shape index (κ1) is 19.2. The number of hydrogen-bond acceptors (Lipinski definition) is 5. The predicted molar refractivity (Wildman–Crippen MR) is 112 cm³/mol. The molecule has 29 heavy (non-hydrogen) atoms. The van der Waals surface area contributed by atoms with Gasteiger partial charge in [0.2, 0.25) is 0 Å². The van der Waals surface area contributed by atoms with Gasteiger partial charge in [-0.1, -0.05) is 42.5 Å². The minimum atomic E-state index is -4.12. The van der Waals surface area contributed by atoms with Gasteiger partial charge in [0.15, 0.2) is 9.84 Å². The molecule has 7 nitrogen and oxygen atoms in total. The number of benzene rings is 3. The number of hydrogen-bond donors (Lipinski definition) is 2. The third-order valence-corrected chi connectivity index (χ3v) is 7.12. The molecule has 0 atom stereocenters. The molecule has 0 unspecified atom stereocenters. The third kappa shape index (κ3) is 3.74. The van der Waals surface area contributed by atoms with Crippen molar-refractivity contribution >= 4 is 36.5 Å². The maximum absolute atomic E-state index is 12.9. The lowest BCUT2D eigenvalue weighted by Crippen LogP contribution is -2.16. The summed E-state index contributed by atoms with van der Waals surface area (Å²) in [6.45, 7) is 0. The predicted octanol–water partition coefficient (Wildman–Crippen LogP) is 3.43. The summed E-state index contributed by atoms with van der Waals surface area (Å²) < 4.78 is 52.3. The van der Waals surface area contributed by atoms with Crippen molar-refractivity contribution < 1.29 is 16.8 Å². The summed E-state index contributed by atoms with van der Waals surface area (Å²) in [5, 5.41) is 8.00. The van der Waals surface area contributed by atoms with E-state index in [1.165, 1.54) is 24.3 Å². The summed E-state index contributed by atoms with van der Waals surface area (Å²) in [5.41, 5.74) is 2.64. The van der Waals surface area contributed by atoms with Gasteiger partial charge in [-0.05, 0) is 30.3 Å². The number of sulfone groups is 1. The van der Waals surface area contributed by atoms with E-state index in [4.69, 9.17) is 0 Å². The third-order valence-electron chi connectivity index (χ3n) is 4.40. The van der Waals surface area contributed by atoms with Crippen molar-refractivity contribution in [2.45, 2.75) is 9.79 Å². The molecule has 1 heterocycles. The minimum Gasteiger partial charge on any atom is -0.280 e. The molecule has 3 aromatic carbocycles. The van der Waals surface area contributed by atoms with Crippen LogP contribution in [0.5, 0.6) is 0 Å². The van der Waals surface area contributed by atoms with Crippen LogP contribution in [0.25, 0.3) is 22.2 Å².